The number of ether oxygens (including phenoxy) is 2. The van der Waals surface area contributed by atoms with Crippen molar-refractivity contribution in [3.8, 4) is 16.9 Å². The highest BCUT2D eigenvalue weighted by atomic mass is 32.2. The van der Waals surface area contributed by atoms with E-state index in [-0.39, 0.29) is 5.91 Å². The third-order valence-electron chi connectivity index (χ3n) is 8.84. The minimum atomic E-state index is -1.24. The number of amides is 1. The molecule has 0 fully saturated rings. The van der Waals surface area contributed by atoms with E-state index in [0.29, 0.717) is 36.0 Å². The van der Waals surface area contributed by atoms with Gasteiger partial charge in [0.1, 0.15) is 18.2 Å². The van der Waals surface area contributed by atoms with Gasteiger partial charge in [0, 0.05) is 60.5 Å². The monoisotopic (exact) mass is 696 g/mol. The highest BCUT2D eigenvalue weighted by Crippen LogP contribution is 2.33. The number of rotatable bonds is 17. The van der Waals surface area contributed by atoms with E-state index in [1.54, 1.807) is 6.20 Å². The number of benzene rings is 3. The molecule has 2 heterocycles. The fraction of sp³-hybridized carbons (Fsp3) is 0.415. The molecular formula is C41H52N4O4S. The number of carbonyl (C=O) groups excluding carboxylic acids is 1. The minimum Gasteiger partial charge on any atom is -0.491 e. The zero-order valence-corrected chi connectivity index (χ0v) is 30.7. The summed E-state index contributed by atoms with van der Waals surface area (Å²) >= 11 is 0. The van der Waals surface area contributed by atoms with Gasteiger partial charge in [-0.05, 0) is 110 Å². The van der Waals surface area contributed by atoms with Gasteiger partial charge in [0.25, 0.3) is 5.91 Å². The topological polar surface area (TPSA) is 85.7 Å². The van der Waals surface area contributed by atoms with Crippen molar-refractivity contribution in [3.05, 3.63) is 96.1 Å². The Labute approximate surface area is 300 Å². The third kappa shape index (κ3) is 10.4. The summed E-state index contributed by atoms with van der Waals surface area (Å²) in [7, 11) is -1.24. The zero-order chi connectivity index (χ0) is 35.1. The highest BCUT2D eigenvalue weighted by Gasteiger charge is 2.18. The number of fused-ring (bicyclic) bond motifs is 1. The smallest absolute Gasteiger partial charge is 0.251 e. The Bertz CT molecular complexity index is 1720. The molecule has 0 aliphatic carbocycles. The fourth-order valence-corrected chi connectivity index (χ4v) is 7.24. The second-order valence-corrected chi connectivity index (χ2v) is 14.2. The standard InChI is InChI=1S/C41H52N4O4S/c1-4-7-26-48-27-28-49-37-16-11-32(12-17-37)33-13-20-39-35(29-33)30-34(10-8-9-24-44(39)22-5-2)41(46)43-36-14-18-38(19-15-36)50(47)31-40-42-21-25-45(40)23-6-3/h11-21,25,29-30H,4-10,22-24,26-28,31H2,1-3H3,(H,43,46). The second kappa shape index (κ2) is 19.3. The lowest BCUT2D eigenvalue weighted by Gasteiger charge is -2.26. The number of hydrogen-bond acceptors (Lipinski definition) is 6. The maximum Gasteiger partial charge on any atom is 0.251 e. The number of carbonyl (C=O) groups is 1. The number of aryl methyl sites for hydroxylation is 1. The van der Waals surface area contributed by atoms with Gasteiger partial charge < -0.3 is 24.3 Å². The molecule has 4 aromatic rings. The Morgan fingerprint density at radius 1 is 0.880 bits per heavy atom. The molecule has 266 valence electrons. The van der Waals surface area contributed by atoms with Crippen LogP contribution in [0.3, 0.4) is 0 Å². The average molecular weight is 697 g/mol. The molecule has 1 aromatic heterocycles. The first-order valence-corrected chi connectivity index (χ1v) is 19.5. The summed E-state index contributed by atoms with van der Waals surface area (Å²) in [6.07, 6.45) is 12.6. The van der Waals surface area contributed by atoms with Crippen LogP contribution in [0.1, 0.15) is 77.1 Å². The molecule has 9 heteroatoms. The van der Waals surface area contributed by atoms with Gasteiger partial charge in [0.05, 0.1) is 23.2 Å². The van der Waals surface area contributed by atoms with Crippen LogP contribution in [-0.4, -0.2) is 52.6 Å². The van der Waals surface area contributed by atoms with Crippen molar-refractivity contribution < 1.29 is 18.5 Å². The first-order chi connectivity index (χ1) is 24.5. The van der Waals surface area contributed by atoms with Crippen molar-refractivity contribution in [1.82, 2.24) is 9.55 Å². The van der Waals surface area contributed by atoms with Gasteiger partial charge >= 0.3 is 0 Å². The summed E-state index contributed by atoms with van der Waals surface area (Å²) in [5.41, 5.74) is 5.80. The van der Waals surface area contributed by atoms with Crippen LogP contribution >= 0.6 is 0 Å². The SMILES string of the molecule is CCCCOCCOc1ccc(-c2ccc3c(c2)C=C(C(=O)Nc2ccc(S(=O)Cc4nccn4CCC)cc2)CCCCN3CCC)cc1. The Balaban J connectivity index is 1.30. The first kappa shape index (κ1) is 37.1. The molecule has 1 aliphatic heterocycles. The summed E-state index contributed by atoms with van der Waals surface area (Å²) < 4.78 is 26.7. The van der Waals surface area contributed by atoms with E-state index in [0.717, 1.165) is 104 Å². The van der Waals surface area contributed by atoms with Crippen molar-refractivity contribution in [1.29, 1.82) is 0 Å². The average Bonchev–Trinajstić information content (AvgIpc) is 3.59. The van der Waals surface area contributed by atoms with Crippen molar-refractivity contribution in [2.24, 2.45) is 0 Å². The van der Waals surface area contributed by atoms with Crippen LogP contribution in [0.5, 0.6) is 5.75 Å². The maximum absolute atomic E-state index is 13.8. The van der Waals surface area contributed by atoms with Crippen molar-refractivity contribution in [2.75, 3.05) is 43.1 Å². The van der Waals surface area contributed by atoms with E-state index in [1.165, 1.54) is 0 Å². The Morgan fingerprint density at radius 3 is 2.42 bits per heavy atom. The number of aromatic nitrogens is 2. The van der Waals surface area contributed by atoms with Gasteiger partial charge in [-0.25, -0.2) is 4.98 Å². The molecule has 1 amide bonds. The molecule has 1 atom stereocenters. The summed E-state index contributed by atoms with van der Waals surface area (Å²) in [6.45, 7) is 11.1. The molecular weight excluding hydrogens is 645 g/mol. The van der Waals surface area contributed by atoms with E-state index in [1.807, 2.05) is 42.6 Å². The molecule has 8 nitrogen and oxygen atoms in total. The lowest BCUT2D eigenvalue weighted by Crippen LogP contribution is -2.25. The lowest BCUT2D eigenvalue weighted by molar-refractivity contribution is -0.112. The number of anilines is 2. The van der Waals surface area contributed by atoms with Crippen LogP contribution in [0.15, 0.2) is 89.6 Å². The highest BCUT2D eigenvalue weighted by molar-refractivity contribution is 7.84. The van der Waals surface area contributed by atoms with Gasteiger partial charge in [0.2, 0.25) is 0 Å². The van der Waals surface area contributed by atoms with Crippen LogP contribution in [0.25, 0.3) is 17.2 Å². The molecule has 0 radical (unpaired) electrons. The predicted octanol–water partition coefficient (Wildman–Crippen LogP) is 8.89. The number of nitrogens with zero attached hydrogens (tertiary/aromatic N) is 3. The maximum atomic E-state index is 13.8. The van der Waals surface area contributed by atoms with Crippen molar-refractivity contribution in [2.45, 2.75) is 82.9 Å². The molecule has 0 saturated heterocycles. The van der Waals surface area contributed by atoms with Gasteiger partial charge in [-0.3, -0.25) is 9.00 Å². The van der Waals surface area contributed by atoms with Gasteiger partial charge in [-0.15, -0.1) is 0 Å². The summed E-state index contributed by atoms with van der Waals surface area (Å²) in [5.74, 6) is 1.89. The molecule has 3 aromatic carbocycles. The van der Waals surface area contributed by atoms with E-state index in [2.05, 4.69) is 76.9 Å². The molecule has 1 aliphatic rings. The van der Waals surface area contributed by atoms with E-state index >= 15 is 0 Å². The third-order valence-corrected chi connectivity index (χ3v) is 10.2. The molecule has 1 unspecified atom stereocenters. The minimum absolute atomic E-state index is 0.110. The number of nitrogens with one attached hydrogen (secondary N) is 1. The van der Waals surface area contributed by atoms with Gasteiger partial charge in [-0.1, -0.05) is 45.4 Å². The van der Waals surface area contributed by atoms with E-state index in [4.69, 9.17) is 9.47 Å². The van der Waals surface area contributed by atoms with Crippen LogP contribution in [0.2, 0.25) is 0 Å². The number of unbranched alkanes of at least 4 members (excludes halogenated alkanes) is 1. The fourth-order valence-electron chi connectivity index (χ4n) is 6.15. The molecule has 0 bridgehead atoms. The summed E-state index contributed by atoms with van der Waals surface area (Å²) in [6, 6.07) is 22.1. The first-order valence-electron chi connectivity index (χ1n) is 18.2. The quantitative estimate of drug-likeness (QED) is 0.111. The Hall–Kier alpha value is -4.21. The van der Waals surface area contributed by atoms with Crippen molar-refractivity contribution >= 4 is 34.2 Å². The molecule has 1 N–H and O–H groups in total. The van der Waals surface area contributed by atoms with Crippen LogP contribution < -0.4 is 15.0 Å². The number of hydrogen-bond donors (Lipinski definition) is 1. The predicted molar refractivity (Wildman–Crippen MR) is 205 cm³/mol. The lowest BCUT2D eigenvalue weighted by atomic mass is 9.98. The zero-order valence-electron chi connectivity index (χ0n) is 29.9. The summed E-state index contributed by atoms with van der Waals surface area (Å²) in [4.78, 5) is 21.3. The van der Waals surface area contributed by atoms with E-state index in [9.17, 15) is 9.00 Å². The van der Waals surface area contributed by atoms with E-state index < -0.39 is 10.8 Å². The van der Waals surface area contributed by atoms with Crippen LogP contribution in [-0.2, 0) is 32.6 Å². The molecule has 50 heavy (non-hydrogen) atoms. The Morgan fingerprint density at radius 2 is 1.66 bits per heavy atom. The Kier molecular flexibility index (Phi) is 14.3. The van der Waals surface area contributed by atoms with Crippen molar-refractivity contribution in [3.63, 3.8) is 0 Å². The van der Waals surface area contributed by atoms with Crippen LogP contribution in [0, 0.1) is 0 Å². The largest absolute Gasteiger partial charge is 0.491 e. The molecule has 0 saturated carbocycles. The summed E-state index contributed by atoms with van der Waals surface area (Å²) in [5, 5.41) is 3.11. The second-order valence-electron chi connectivity index (χ2n) is 12.7. The molecule has 5 rings (SSSR count). The normalized spacial score (nSPS) is 13.8. The molecule has 0 spiro atoms. The van der Waals surface area contributed by atoms with Gasteiger partial charge in [0.15, 0.2) is 0 Å². The van der Waals surface area contributed by atoms with Gasteiger partial charge in [-0.2, -0.15) is 0 Å². The van der Waals surface area contributed by atoms with Crippen LogP contribution in [0.4, 0.5) is 11.4 Å². The number of imidazole rings is 1.